The van der Waals surface area contributed by atoms with Crippen LogP contribution in [-0.2, 0) is 10.0 Å². The monoisotopic (exact) mass is 346 g/mol. The number of aryl methyl sites for hydroxylation is 1. The summed E-state index contributed by atoms with van der Waals surface area (Å²) in [6.45, 7) is 1.84. The van der Waals surface area contributed by atoms with E-state index >= 15 is 0 Å². The van der Waals surface area contributed by atoms with Crippen LogP contribution >= 0.6 is 15.9 Å². The SMILES string of the molecule is Cc1nc(NS(=O)(=O)CC2CCCCC2)ccc1Br. The summed E-state index contributed by atoms with van der Waals surface area (Å²) in [6, 6.07) is 3.48. The van der Waals surface area contributed by atoms with E-state index in [-0.39, 0.29) is 5.75 Å². The largest absolute Gasteiger partial charge is 0.267 e. The number of aromatic nitrogens is 1. The molecule has 1 aliphatic rings. The van der Waals surface area contributed by atoms with E-state index in [1.54, 1.807) is 12.1 Å². The van der Waals surface area contributed by atoms with Gasteiger partial charge >= 0.3 is 0 Å². The van der Waals surface area contributed by atoms with Crippen molar-refractivity contribution in [3.63, 3.8) is 0 Å². The molecule has 0 aromatic carbocycles. The van der Waals surface area contributed by atoms with Crippen LogP contribution in [0.3, 0.4) is 0 Å². The minimum Gasteiger partial charge on any atom is -0.267 e. The van der Waals surface area contributed by atoms with Gasteiger partial charge in [0.25, 0.3) is 0 Å². The smallest absolute Gasteiger partial charge is 0.234 e. The van der Waals surface area contributed by atoms with Crippen molar-refractivity contribution in [1.82, 2.24) is 4.98 Å². The molecule has 1 fully saturated rings. The van der Waals surface area contributed by atoms with Gasteiger partial charge in [0.15, 0.2) is 0 Å². The van der Waals surface area contributed by atoms with Crippen molar-refractivity contribution in [2.45, 2.75) is 39.0 Å². The van der Waals surface area contributed by atoms with Gasteiger partial charge in [-0.1, -0.05) is 19.3 Å². The summed E-state index contributed by atoms with van der Waals surface area (Å²) in [4.78, 5) is 4.21. The minimum absolute atomic E-state index is 0.212. The van der Waals surface area contributed by atoms with Crippen molar-refractivity contribution in [2.24, 2.45) is 5.92 Å². The maximum Gasteiger partial charge on any atom is 0.234 e. The highest BCUT2D eigenvalue weighted by atomic mass is 79.9. The highest BCUT2D eigenvalue weighted by Gasteiger charge is 2.21. The molecule has 0 saturated heterocycles. The molecule has 0 bridgehead atoms. The van der Waals surface area contributed by atoms with E-state index in [1.807, 2.05) is 6.92 Å². The average Bonchev–Trinajstić information content (AvgIpc) is 2.34. The maximum atomic E-state index is 12.1. The van der Waals surface area contributed by atoms with E-state index in [2.05, 4.69) is 25.6 Å². The third-order valence-electron chi connectivity index (χ3n) is 3.46. The lowest BCUT2D eigenvalue weighted by molar-refractivity contribution is 0.385. The second kappa shape index (κ2) is 6.22. The van der Waals surface area contributed by atoms with Crippen molar-refractivity contribution in [3.8, 4) is 0 Å². The number of rotatable bonds is 4. The van der Waals surface area contributed by atoms with Crippen LogP contribution in [0.1, 0.15) is 37.8 Å². The molecular formula is C13H19BrN2O2S. The molecule has 1 N–H and O–H groups in total. The minimum atomic E-state index is -3.29. The summed E-state index contributed by atoms with van der Waals surface area (Å²) in [5.74, 6) is 0.906. The van der Waals surface area contributed by atoms with E-state index in [0.717, 1.165) is 35.8 Å². The van der Waals surface area contributed by atoms with Crippen molar-refractivity contribution in [2.75, 3.05) is 10.5 Å². The normalized spacial score (nSPS) is 17.4. The van der Waals surface area contributed by atoms with Crippen LogP contribution in [0.25, 0.3) is 0 Å². The quantitative estimate of drug-likeness (QED) is 0.907. The Bertz CT molecular complexity index is 540. The Balaban J connectivity index is 2.01. The van der Waals surface area contributed by atoms with Gasteiger partial charge in [-0.2, -0.15) is 0 Å². The lowest BCUT2D eigenvalue weighted by atomic mass is 9.91. The summed E-state index contributed by atoms with van der Waals surface area (Å²) in [7, 11) is -3.29. The molecule has 106 valence electrons. The van der Waals surface area contributed by atoms with Gasteiger partial charge in [0.05, 0.1) is 11.4 Å². The molecule has 0 atom stereocenters. The first-order chi connectivity index (χ1) is 8.96. The summed E-state index contributed by atoms with van der Waals surface area (Å²) >= 11 is 3.35. The van der Waals surface area contributed by atoms with Crippen LogP contribution < -0.4 is 4.72 Å². The number of halogens is 1. The molecule has 0 aliphatic heterocycles. The second-order valence-electron chi connectivity index (χ2n) is 5.15. The van der Waals surface area contributed by atoms with Gasteiger partial charge in [-0.05, 0) is 53.7 Å². The zero-order chi connectivity index (χ0) is 13.9. The Morgan fingerprint density at radius 3 is 2.63 bits per heavy atom. The molecule has 2 rings (SSSR count). The van der Waals surface area contributed by atoms with Gasteiger partial charge in [0, 0.05) is 4.47 Å². The molecule has 1 aliphatic carbocycles. The molecule has 1 heterocycles. The third kappa shape index (κ3) is 4.45. The first-order valence-electron chi connectivity index (χ1n) is 6.60. The van der Waals surface area contributed by atoms with Crippen LogP contribution in [0.2, 0.25) is 0 Å². The lowest BCUT2D eigenvalue weighted by Crippen LogP contribution is -2.24. The number of nitrogens with zero attached hydrogens (tertiary/aromatic N) is 1. The molecule has 1 saturated carbocycles. The van der Waals surface area contributed by atoms with Gasteiger partial charge in [-0.15, -0.1) is 0 Å². The van der Waals surface area contributed by atoms with E-state index < -0.39 is 10.0 Å². The average molecular weight is 347 g/mol. The van der Waals surface area contributed by atoms with E-state index in [1.165, 1.54) is 6.42 Å². The Hall–Kier alpha value is -0.620. The molecule has 4 nitrogen and oxygen atoms in total. The summed E-state index contributed by atoms with van der Waals surface area (Å²) < 4.78 is 27.7. The first-order valence-corrected chi connectivity index (χ1v) is 9.04. The molecule has 0 unspecified atom stereocenters. The van der Waals surface area contributed by atoms with Crippen LogP contribution in [0, 0.1) is 12.8 Å². The first kappa shape index (κ1) is 14.8. The van der Waals surface area contributed by atoms with Crippen LogP contribution in [0.4, 0.5) is 5.82 Å². The van der Waals surface area contributed by atoms with E-state index in [4.69, 9.17) is 0 Å². The number of hydrogen-bond acceptors (Lipinski definition) is 3. The fourth-order valence-corrected chi connectivity index (χ4v) is 4.16. The predicted octanol–water partition coefficient (Wildman–Crippen LogP) is 3.47. The van der Waals surface area contributed by atoms with Crippen LogP contribution in [-0.4, -0.2) is 19.2 Å². The van der Waals surface area contributed by atoms with Crippen LogP contribution in [0.15, 0.2) is 16.6 Å². The van der Waals surface area contributed by atoms with Crippen LogP contribution in [0.5, 0.6) is 0 Å². The standard InChI is InChI=1S/C13H19BrN2O2S/c1-10-12(14)7-8-13(15-10)16-19(17,18)9-11-5-3-2-4-6-11/h7-8,11H,2-6,9H2,1H3,(H,15,16). The Kier molecular flexibility index (Phi) is 4.84. The Morgan fingerprint density at radius 1 is 1.32 bits per heavy atom. The van der Waals surface area contributed by atoms with Crippen molar-refractivity contribution in [1.29, 1.82) is 0 Å². The molecule has 1 aromatic rings. The molecule has 6 heteroatoms. The lowest BCUT2D eigenvalue weighted by Gasteiger charge is -2.21. The van der Waals surface area contributed by atoms with Crippen molar-refractivity contribution >= 4 is 31.8 Å². The van der Waals surface area contributed by atoms with E-state index in [0.29, 0.717) is 11.7 Å². The molecule has 0 amide bonds. The number of anilines is 1. The van der Waals surface area contributed by atoms with Gasteiger partial charge in [0.1, 0.15) is 5.82 Å². The van der Waals surface area contributed by atoms with Gasteiger partial charge in [0.2, 0.25) is 10.0 Å². The summed E-state index contributed by atoms with van der Waals surface area (Å²) in [6.07, 6.45) is 5.57. The fraction of sp³-hybridized carbons (Fsp3) is 0.615. The highest BCUT2D eigenvalue weighted by molar-refractivity contribution is 9.10. The van der Waals surface area contributed by atoms with Crippen molar-refractivity contribution in [3.05, 3.63) is 22.3 Å². The Morgan fingerprint density at radius 2 is 2.00 bits per heavy atom. The topological polar surface area (TPSA) is 59.1 Å². The molecule has 1 aromatic heterocycles. The number of pyridine rings is 1. The number of hydrogen-bond donors (Lipinski definition) is 1. The van der Waals surface area contributed by atoms with Gasteiger partial charge in [-0.3, -0.25) is 4.72 Å². The predicted molar refractivity (Wildman–Crippen MR) is 80.7 cm³/mol. The Labute approximate surface area is 123 Å². The fourth-order valence-electron chi connectivity index (χ4n) is 2.47. The summed E-state index contributed by atoms with van der Waals surface area (Å²) in [5, 5.41) is 0. The zero-order valence-electron chi connectivity index (χ0n) is 11.0. The highest BCUT2D eigenvalue weighted by Crippen LogP contribution is 2.25. The second-order valence-corrected chi connectivity index (χ2v) is 7.77. The third-order valence-corrected chi connectivity index (χ3v) is 5.73. The van der Waals surface area contributed by atoms with Gasteiger partial charge < -0.3 is 0 Å². The summed E-state index contributed by atoms with van der Waals surface area (Å²) in [5.41, 5.74) is 0.776. The number of sulfonamides is 1. The molecule has 0 radical (unpaired) electrons. The molecule has 19 heavy (non-hydrogen) atoms. The van der Waals surface area contributed by atoms with Crippen molar-refractivity contribution < 1.29 is 8.42 Å². The molecular weight excluding hydrogens is 328 g/mol. The number of nitrogens with one attached hydrogen (secondary N) is 1. The van der Waals surface area contributed by atoms with E-state index in [9.17, 15) is 8.42 Å². The zero-order valence-corrected chi connectivity index (χ0v) is 13.4. The maximum absolute atomic E-state index is 12.1. The van der Waals surface area contributed by atoms with Gasteiger partial charge in [-0.25, -0.2) is 13.4 Å². The molecule has 0 spiro atoms.